The van der Waals surface area contributed by atoms with Crippen molar-refractivity contribution < 1.29 is 26.3 Å². The number of alkyl halides is 6. The van der Waals surface area contributed by atoms with Crippen molar-refractivity contribution in [2.75, 3.05) is 6.54 Å². The molecule has 1 N–H and O–H groups in total. The number of halogens is 6. The van der Waals surface area contributed by atoms with Gasteiger partial charge in [-0.2, -0.15) is 26.3 Å². The molecular formula is C9H11F6N. The van der Waals surface area contributed by atoms with Crippen LogP contribution in [0.4, 0.5) is 26.3 Å². The maximum Gasteiger partial charge on any atom is 0.420 e. The molecule has 0 aromatic carbocycles. The molecule has 1 aliphatic heterocycles. The highest BCUT2D eigenvalue weighted by Gasteiger charge is 2.50. The average Bonchev–Trinajstić information content (AvgIpc) is 2.05. The van der Waals surface area contributed by atoms with E-state index in [1.807, 2.05) is 0 Å². The van der Waals surface area contributed by atoms with Crippen molar-refractivity contribution in [3.05, 3.63) is 11.6 Å². The normalized spacial score (nSPS) is 26.2. The summed E-state index contributed by atoms with van der Waals surface area (Å²) < 4.78 is 72.5. The van der Waals surface area contributed by atoms with Crippen LogP contribution in [0.3, 0.4) is 0 Å². The Hall–Kier alpha value is -0.720. The van der Waals surface area contributed by atoms with E-state index in [1.165, 1.54) is 0 Å². The van der Waals surface area contributed by atoms with Crippen LogP contribution >= 0.6 is 0 Å². The molecular weight excluding hydrogens is 236 g/mol. The van der Waals surface area contributed by atoms with Crippen LogP contribution in [0.1, 0.15) is 13.3 Å². The van der Waals surface area contributed by atoms with Gasteiger partial charge in [0.2, 0.25) is 0 Å². The van der Waals surface area contributed by atoms with Gasteiger partial charge in [0.15, 0.2) is 0 Å². The van der Waals surface area contributed by atoms with Gasteiger partial charge < -0.3 is 5.32 Å². The average molecular weight is 247 g/mol. The second kappa shape index (κ2) is 4.27. The monoisotopic (exact) mass is 247 g/mol. The van der Waals surface area contributed by atoms with E-state index in [2.05, 4.69) is 5.32 Å². The molecule has 0 radical (unpaired) electrons. The largest absolute Gasteiger partial charge is 0.420 e. The van der Waals surface area contributed by atoms with Crippen molar-refractivity contribution in [1.82, 2.24) is 5.32 Å². The fraction of sp³-hybridized carbons (Fsp3) is 0.778. The van der Waals surface area contributed by atoms with Gasteiger partial charge in [-0.1, -0.05) is 6.08 Å². The highest BCUT2D eigenvalue weighted by atomic mass is 19.4. The molecule has 7 heteroatoms. The standard InChI is InChI=1S/C9H11F6N/c1-5-6(4-16-5)2-3-7(8(10,11)12)9(13,14)15/h3,5-6,16H,2,4H2,1H3. The number of rotatable bonds is 2. The SMILES string of the molecule is CC1NCC1CC=C(C(F)(F)F)C(F)(F)F. The Morgan fingerprint density at radius 3 is 1.94 bits per heavy atom. The third kappa shape index (κ3) is 3.13. The summed E-state index contributed by atoms with van der Waals surface area (Å²) in [5.74, 6) is -0.153. The van der Waals surface area contributed by atoms with Crippen LogP contribution in [-0.4, -0.2) is 24.9 Å². The van der Waals surface area contributed by atoms with Crippen LogP contribution in [0, 0.1) is 5.92 Å². The van der Waals surface area contributed by atoms with Gasteiger partial charge in [0.05, 0.1) is 0 Å². The molecule has 2 unspecified atom stereocenters. The van der Waals surface area contributed by atoms with Gasteiger partial charge in [-0.3, -0.25) is 0 Å². The van der Waals surface area contributed by atoms with E-state index in [4.69, 9.17) is 0 Å². The molecule has 1 rings (SSSR count). The van der Waals surface area contributed by atoms with E-state index in [0.717, 1.165) is 0 Å². The van der Waals surface area contributed by atoms with Crippen LogP contribution < -0.4 is 5.32 Å². The molecule has 0 aliphatic carbocycles. The minimum absolute atomic E-state index is 0.0287. The summed E-state index contributed by atoms with van der Waals surface area (Å²) in [6.07, 6.45) is -10.6. The van der Waals surface area contributed by atoms with Gasteiger partial charge in [-0.25, -0.2) is 0 Å². The third-order valence-corrected chi connectivity index (χ3v) is 2.64. The van der Waals surface area contributed by atoms with Gasteiger partial charge in [0.1, 0.15) is 5.57 Å². The van der Waals surface area contributed by atoms with Crippen LogP contribution in [-0.2, 0) is 0 Å². The number of hydrogen-bond donors (Lipinski definition) is 1. The molecule has 1 aliphatic rings. The third-order valence-electron chi connectivity index (χ3n) is 2.64. The molecule has 1 nitrogen and oxygen atoms in total. The molecule has 94 valence electrons. The summed E-state index contributed by atoms with van der Waals surface area (Å²) in [5.41, 5.74) is -2.40. The van der Waals surface area contributed by atoms with E-state index in [0.29, 0.717) is 6.54 Å². The van der Waals surface area contributed by atoms with E-state index in [1.54, 1.807) is 6.92 Å². The van der Waals surface area contributed by atoms with Crippen molar-refractivity contribution in [2.45, 2.75) is 31.7 Å². The first-order valence-electron chi connectivity index (χ1n) is 4.70. The van der Waals surface area contributed by atoms with E-state index < -0.39 is 17.9 Å². The Morgan fingerprint density at radius 2 is 1.69 bits per heavy atom. The lowest BCUT2D eigenvalue weighted by Gasteiger charge is -2.35. The molecule has 0 spiro atoms. The summed E-state index contributed by atoms with van der Waals surface area (Å²) in [6.45, 7) is 2.18. The fourth-order valence-electron chi connectivity index (χ4n) is 1.47. The lowest BCUT2D eigenvalue weighted by molar-refractivity contribution is -0.172. The zero-order chi connectivity index (χ0) is 12.6. The van der Waals surface area contributed by atoms with Crippen LogP contribution in [0.5, 0.6) is 0 Å². The van der Waals surface area contributed by atoms with Gasteiger partial charge >= 0.3 is 12.4 Å². The number of nitrogens with one attached hydrogen (secondary N) is 1. The van der Waals surface area contributed by atoms with E-state index in [9.17, 15) is 26.3 Å². The van der Waals surface area contributed by atoms with Crippen molar-refractivity contribution in [3.63, 3.8) is 0 Å². The Morgan fingerprint density at radius 1 is 1.19 bits per heavy atom. The smallest absolute Gasteiger partial charge is 0.314 e. The maximum absolute atomic E-state index is 12.1. The van der Waals surface area contributed by atoms with E-state index >= 15 is 0 Å². The second-order valence-electron chi connectivity index (χ2n) is 3.81. The predicted octanol–water partition coefficient (Wildman–Crippen LogP) is 3.04. The molecule has 1 fully saturated rings. The van der Waals surface area contributed by atoms with Crippen LogP contribution in [0.2, 0.25) is 0 Å². The Balaban J connectivity index is 2.73. The summed E-state index contributed by atoms with van der Waals surface area (Å²) in [5, 5.41) is 2.87. The molecule has 1 saturated heterocycles. The van der Waals surface area contributed by atoms with Crippen LogP contribution in [0.15, 0.2) is 11.6 Å². The quantitative estimate of drug-likeness (QED) is 0.584. The van der Waals surface area contributed by atoms with Crippen molar-refractivity contribution in [3.8, 4) is 0 Å². The summed E-state index contributed by atoms with van der Waals surface area (Å²) in [4.78, 5) is 0. The fourth-order valence-corrected chi connectivity index (χ4v) is 1.47. The first-order chi connectivity index (χ1) is 7.12. The molecule has 0 aromatic rings. The summed E-state index contributed by atoms with van der Waals surface area (Å²) in [7, 11) is 0. The minimum Gasteiger partial charge on any atom is -0.314 e. The first kappa shape index (κ1) is 13.3. The zero-order valence-electron chi connectivity index (χ0n) is 8.41. The summed E-state index contributed by atoms with van der Waals surface area (Å²) in [6, 6.07) is -0.0287. The minimum atomic E-state index is -5.33. The lowest BCUT2D eigenvalue weighted by atomic mass is 9.89. The van der Waals surface area contributed by atoms with Crippen molar-refractivity contribution >= 4 is 0 Å². The van der Waals surface area contributed by atoms with Gasteiger partial charge in [0, 0.05) is 6.04 Å². The van der Waals surface area contributed by atoms with Crippen molar-refractivity contribution in [1.29, 1.82) is 0 Å². The Bertz CT molecular complexity index is 261. The number of allylic oxidation sites excluding steroid dienone is 2. The number of hydrogen-bond acceptors (Lipinski definition) is 1. The predicted molar refractivity (Wildman–Crippen MR) is 45.8 cm³/mol. The molecule has 1 heterocycles. The molecule has 0 bridgehead atoms. The Kier molecular flexibility index (Phi) is 3.56. The molecule has 0 saturated carbocycles. The highest BCUT2D eigenvalue weighted by Crippen LogP contribution is 2.39. The lowest BCUT2D eigenvalue weighted by Crippen LogP contribution is -2.50. The molecule has 0 aromatic heterocycles. The van der Waals surface area contributed by atoms with Crippen molar-refractivity contribution in [2.24, 2.45) is 5.92 Å². The van der Waals surface area contributed by atoms with Gasteiger partial charge in [-0.15, -0.1) is 0 Å². The maximum atomic E-state index is 12.1. The highest BCUT2D eigenvalue weighted by molar-refractivity contribution is 5.16. The molecule has 16 heavy (non-hydrogen) atoms. The first-order valence-corrected chi connectivity index (χ1v) is 4.70. The van der Waals surface area contributed by atoms with Gasteiger partial charge in [-0.05, 0) is 25.8 Å². The molecule has 2 atom stereocenters. The topological polar surface area (TPSA) is 12.0 Å². The molecule has 0 amide bonds. The van der Waals surface area contributed by atoms with Gasteiger partial charge in [0.25, 0.3) is 0 Å². The van der Waals surface area contributed by atoms with E-state index in [-0.39, 0.29) is 24.5 Å². The summed E-state index contributed by atoms with van der Waals surface area (Å²) >= 11 is 0. The van der Waals surface area contributed by atoms with Crippen LogP contribution in [0.25, 0.3) is 0 Å². The second-order valence-corrected chi connectivity index (χ2v) is 3.81. The zero-order valence-corrected chi connectivity index (χ0v) is 8.41. The Labute approximate surface area is 88.5 Å².